The lowest BCUT2D eigenvalue weighted by atomic mass is 10.2. The van der Waals surface area contributed by atoms with Crippen molar-refractivity contribution in [3.8, 4) is 11.4 Å². The topological polar surface area (TPSA) is 109 Å². The lowest BCUT2D eigenvalue weighted by Crippen LogP contribution is -2.37. The molecule has 2 saturated heterocycles. The van der Waals surface area contributed by atoms with E-state index in [4.69, 9.17) is 14.5 Å². The monoisotopic (exact) mass is 437 g/mol. The first kappa shape index (κ1) is 20.7. The summed E-state index contributed by atoms with van der Waals surface area (Å²) in [6, 6.07) is 7.43. The number of fused-ring (bicyclic) bond motifs is 1. The van der Waals surface area contributed by atoms with Gasteiger partial charge in [0.05, 0.1) is 24.8 Å². The number of amides is 1. The van der Waals surface area contributed by atoms with Gasteiger partial charge >= 0.3 is 6.09 Å². The molecule has 4 heterocycles. The molecule has 0 atom stereocenters. The van der Waals surface area contributed by atoms with Gasteiger partial charge in [0.1, 0.15) is 12.4 Å². The molecular formula is C22H27N7O3. The summed E-state index contributed by atoms with van der Waals surface area (Å²) in [7, 11) is 0. The van der Waals surface area contributed by atoms with Crippen molar-refractivity contribution in [3.05, 3.63) is 30.5 Å². The van der Waals surface area contributed by atoms with Crippen molar-refractivity contribution in [1.82, 2.24) is 25.1 Å². The number of carbonyl (C=O) groups is 1. The first-order valence-corrected chi connectivity index (χ1v) is 11.1. The van der Waals surface area contributed by atoms with Gasteiger partial charge in [0.2, 0.25) is 0 Å². The molecule has 5 rings (SSSR count). The molecule has 168 valence electrons. The number of hydrogen-bond acceptors (Lipinski definition) is 8. The number of aromatic amines is 1. The SMILES string of the molecule is O=C(Nc1ccc(-c2nc(N3CCOCC3)c3cn[nH]c3n2)cc1)OCCN1CCCC1. The van der Waals surface area contributed by atoms with E-state index in [0.717, 1.165) is 49.5 Å². The van der Waals surface area contributed by atoms with E-state index in [2.05, 4.69) is 30.3 Å². The third-order valence-corrected chi connectivity index (χ3v) is 5.83. The number of carbonyl (C=O) groups excluding carboxylic acids is 1. The number of aromatic nitrogens is 4. The van der Waals surface area contributed by atoms with Crippen LogP contribution in [-0.2, 0) is 9.47 Å². The molecule has 2 aliphatic heterocycles. The van der Waals surface area contributed by atoms with E-state index in [1.165, 1.54) is 12.8 Å². The fraction of sp³-hybridized carbons (Fsp3) is 0.455. The van der Waals surface area contributed by atoms with E-state index in [1.807, 2.05) is 24.3 Å². The molecule has 3 aromatic rings. The maximum absolute atomic E-state index is 12.1. The van der Waals surface area contributed by atoms with Crippen LogP contribution < -0.4 is 10.2 Å². The summed E-state index contributed by atoms with van der Waals surface area (Å²) in [4.78, 5) is 26.0. The molecule has 1 amide bonds. The summed E-state index contributed by atoms with van der Waals surface area (Å²) in [5.41, 5.74) is 2.21. The number of rotatable bonds is 6. The summed E-state index contributed by atoms with van der Waals surface area (Å²) in [6.45, 7) is 6.26. The second-order valence-corrected chi connectivity index (χ2v) is 7.99. The minimum atomic E-state index is -0.443. The number of likely N-dealkylation sites (tertiary alicyclic amines) is 1. The van der Waals surface area contributed by atoms with Crippen molar-refractivity contribution < 1.29 is 14.3 Å². The smallest absolute Gasteiger partial charge is 0.411 e. The molecule has 0 radical (unpaired) electrons. The molecule has 32 heavy (non-hydrogen) atoms. The third-order valence-electron chi connectivity index (χ3n) is 5.83. The number of nitrogens with one attached hydrogen (secondary N) is 2. The first-order chi connectivity index (χ1) is 15.8. The van der Waals surface area contributed by atoms with Gasteiger partial charge in [-0.2, -0.15) is 5.10 Å². The Morgan fingerprint density at radius 3 is 2.66 bits per heavy atom. The molecule has 2 aromatic heterocycles. The Hall–Kier alpha value is -3.24. The third kappa shape index (κ3) is 4.66. The van der Waals surface area contributed by atoms with Gasteiger partial charge in [-0.1, -0.05) is 0 Å². The Kier molecular flexibility index (Phi) is 6.13. The highest BCUT2D eigenvalue weighted by Crippen LogP contribution is 2.27. The number of morpholine rings is 1. The summed E-state index contributed by atoms with van der Waals surface area (Å²) >= 11 is 0. The van der Waals surface area contributed by atoms with Crippen LogP contribution >= 0.6 is 0 Å². The molecule has 1 aromatic carbocycles. The van der Waals surface area contributed by atoms with E-state index in [0.29, 0.717) is 37.0 Å². The lowest BCUT2D eigenvalue weighted by Gasteiger charge is -2.28. The summed E-state index contributed by atoms with van der Waals surface area (Å²) in [5.74, 6) is 1.45. The molecule has 2 N–H and O–H groups in total. The van der Waals surface area contributed by atoms with Crippen LogP contribution in [-0.4, -0.2) is 83.7 Å². The Morgan fingerprint density at radius 2 is 1.88 bits per heavy atom. The maximum Gasteiger partial charge on any atom is 0.411 e. The van der Waals surface area contributed by atoms with Crippen LogP contribution in [0.3, 0.4) is 0 Å². The van der Waals surface area contributed by atoms with Crippen molar-refractivity contribution in [1.29, 1.82) is 0 Å². The van der Waals surface area contributed by atoms with E-state index < -0.39 is 6.09 Å². The number of H-pyrrole nitrogens is 1. The highest BCUT2D eigenvalue weighted by molar-refractivity contribution is 5.88. The molecule has 10 nitrogen and oxygen atoms in total. The minimum Gasteiger partial charge on any atom is -0.448 e. The first-order valence-electron chi connectivity index (χ1n) is 11.1. The maximum atomic E-state index is 12.1. The second kappa shape index (κ2) is 9.49. The zero-order valence-corrected chi connectivity index (χ0v) is 17.9. The minimum absolute atomic E-state index is 0.395. The largest absolute Gasteiger partial charge is 0.448 e. The van der Waals surface area contributed by atoms with Crippen molar-refractivity contribution in [2.45, 2.75) is 12.8 Å². The van der Waals surface area contributed by atoms with Crippen LogP contribution in [0.15, 0.2) is 30.5 Å². The van der Waals surface area contributed by atoms with Crippen LogP contribution in [0.25, 0.3) is 22.4 Å². The summed E-state index contributed by atoms with van der Waals surface area (Å²) in [6.07, 6.45) is 3.76. The van der Waals surface area contributed by atoms with Gasteiger partial charge < -0.3 is 14.4 Å². The van der Waals surface area contributed by atoms with Gasteiger partial charge in [0.15, 0.2) is 11.5 Å². The Labute approximate surface area is 185 Å². The number of ether oxygens (including phenoxy) is 2. The van der Waals surface area contributed by atoms with Gasteiger partial charge in [0.25, 0.3) is 0 Å². The van der Waals surface area contributed by atoms with Crippen molar-refractivity contribution >= 4 is 28.6 Å². The van der Waals surface area contributed by atoms with Crippen LogP contribution in [0.5, 0.6) is 0 Å². The van der Waals surface area contributed by atoms with Gasteiger partial charge in [-0.3, -0.25) is 15.3 Å². The van der Waals surface area contributed by atoms with Gasteiger partial charge in [-0.25, -0.2) is 14.8 Å². The number of anilines is 2. The second-order valence-electron chi connectivity index (χ2n) is 7.99. The average molecular weight is 438 g/mol. The fourth-order valence-corrected chi connectivity index (χ4v) is 4.10. The van der Waals surface area contributed by atoms with Crippen LogP contribution in [0.1, 0.15) is 12.8 Å². The van der Waals surface area contributed by atoms with Crippen molar-refractivity contribution in [3.63, 3.8) is 0 Å². The lowest BCUT2D eigenvalue weighted by molar-refractivity contribution is 0.122. The molecule has 0 aliphatic carbocycles. The van der Waals surface area contributed by atoms with E-state index in [-0.39, 0.29) is 0 Å². The zero-order valence-electron chi connectivity index (χ0n) is 17.9. The quantitative estimate of drug-likeness (QED) is 0.606. The molecule has 0 bridgehead atoms. The van der Waals surface area contributed by atoms with E-state index >= 15 is 0 Å². The number of nitrogens with zero attached hydrogens (tertiary/aromatic N) is 5. The highest BCUT2D eigenvalue weighted by atomic mass is 16.5. The van der Waals surface area contributed by atoms with Crippen molar-refractivity contribution in [2.75, 3.05) is 62.8 Å². The highest BCUT2D eigenvalue weighted by Gasteiger charge is 2.19. The molecule has 0 spiro atoms. The standard InChI is InChI=1S/C22H27N7O3/c30-22(32-14-9-28-7-1-2-8-28)24-17-5-3-16(4-6-17)19-25-20-18(15-23-27-20)21(26-19)29-10-12-31-13-11-29/h3-6,15H,1-2,7-14H2,(H,24,30)(H,23,25,26,27). The normalized spacial score (nSPS) is 17.1. The Morgan fingerprint density at radius 1 is 1.09 bits per heavy atom. The predicted octanol–water partition coefficient (Wildman–Crippen LogP) is 2.50. The van der Waals surface area contributed by atoms with Crippen LogP contribution in [0.2, 0.25) is 0 Å². The molecule has 10 heteroatoms. The molecule has 2 fully saturated rings. The van der Waals surface area contributed by atoms with E-state index in [9.17, 15) is 4.79 Å². The zero-order chi connectivity index (χ0) is 21.8. The van der Waals surface area contributed by atoms with E-state index in [1.54, 1.807) is 6.20 Å². The molecular weight excluding hydrogens is 410 g/mol. The summed E-state index contributed by atoms with van der Waals surface area (Å²) in [5, 5.41) is 10.8. The Bertz CT molecular complexity index is 1060. The average Bonchev–Trinajstić information content (AvgIpc) is 3.51. The van der Waals surface area contributed by atoms with Gasteiger partial charge in [-0.15, -0.1) is 0 Å². The Balaban J connectivity index is 1.25. The van der Waals surface area contributed by atoms with Gasteiger partial charge in [-0.05, 0) is 50.2 Å². The van der Waals surface area contributed by atoms with Crippen LogP contribution in [0, 0.1) is 0 Å². The number of hydrogen-bond donors (Lipinski definition) is 2. The van der Waals surface area contributed by atoms with Crippen LogP contribution in [0.4, 0.5) is 16.3 Å². The molecule has 0 saturated carbocycles. The molecule has 0 unspecified atom stereocenters. The predicted molar refractivity (Wildman–Crippen MR) is 121 cm³/mol. The van der Waals surface area contributed by atoms with Gasteiger partial charge in [0, 0.05) is 30.9 Å². The number of benzene rings is 1. The van der Waals surface area contributed by atoms with Crippen molar-refractivity contribution in [2.24, 2.45) is 0 Å². The molecule has 2 aliphatic rings. The fourth-order valence-electron chi connectivity index (χ4n) is 4.10. The summed E-state index contributed by atoms with van der Waals surface area (Å²) < 4.78 is 10.8.